The number of hydrogen-bond donors (Lipinski definition) is 0. The number of rotatable bonds is 4. The van der Waals surface area contributed by atoms with Crippen LogP contribution >= 0.6 is 11.6 Å². The summed E-state index contributed by atoms with van der Waals surface area (Å²) in [6.07, 6.45) is 0.888. The highest BCUT2D eigenvalue weighted by Gasteiger charge is 2.32. The Morgan fingerprint density at radius 2 is 1.88 bits per heavy atom. The zero-order valence-corrected chi connectivity index (χ0v) is 15.0. The molecule has 0 aliphatic carbocycles. The number of sulfonamides is 1. The monoisotopic (exact) mass is 390 g/mol. The molecule has 0 unspecified atom stereocenters. The smallest absolute Gasteiger partial charge is 0.333 e. The van der Waals surface area contributed by atoms with Gasteiger partial charge in [-0.3, -0.25) is 0 Å². The van der Waals surface area contributed by atoms with Crippen LogP contribution in [0.1, 0.15) is 12.2 Å². The molecule has 10 heteroatoms. The van der Waals surface area contributed by atoms with E-state index in [2.05, 4.69) is 5.10 Å². The molecule has 0 spiro atoms. The number of piperazine rings is 1. The Kier molecular flexibility index (Phi) is 4.99. The van der Waals surface area contributed by atoms with Gasteiger partial charge in [-0.15, -0.1) is 0 Å². The lowest BCUT2D eigenvalue weighted by Crippen LogP contribution is -2.48. The molecule has 0 radical (unpaired) electrons. The van der Waals surface area contributed by atoms with Crippen LogP contribution in [0.2, 0.25) is 5.02 Å². The summed E-state index contributed by atoms with van der Waals surface area (Å²) in [7, 11) is -3.86. The van der Waals surface area contributed by atoms with Gasteiger partial charge in [-0.25, -0.2) is 13.1 Å². The first-order valence-corrected chi connectivity index (χ1v) is 9.45. The molecule has 1 saturated heterocycles. The maximum Gasteiger partial charge on any atom is 0.333 e. The summed E-state index contributed by atoms with van der Waals surface area (Å²) in [5.74, 6) is 0. The summed E-state index contributed by atoms with van der Waals surface area (Å²) in [5, 5.41) is 4.19. The average Bonchev–Trinajstić information content (AvgIpc) is 2.98. The predicted octanol–water partition coefficient (Wildman–Crippen LogP) is 2.75. The van der Waals surface area contributed by atoms with Gasteiger partial charge in [0.15, 0.2) is 0 Å². The van der Waals surface area contributed by atoms with Crippen LogP contribution in [-0.4, -0.2) is 48.7 Å². The maximum absolute atomic E-state index is 12.7. The highest BCUT2D eigenvalue weighted by atomic mass is 35.5. The SMILES string of the molecule is Cc1nn(C(F)F)cc1S(=O)(=O)N1CCN(c2cccc(Cl)c2)CC1. The number of alkyl halides is 2. The Morgan fingerprint density at radius 3 is 2.44 bits per heavy atom. The van der Waals surface area contributed by atoms with Crippen molar-refractivity contribution in [2.24, 2.45) is 0 Å². The molecule has 1 aromatic heterocycles. The molecule has 0 atom stereocenters. The van der Waals surface area contributed by atoms with Crippen molar-refractivity contribution in [3.05, 3.63) is 41.2 Å². The molecule has 2 heterocycles. The standard InChI is InChI=1S/C15H17ClF2N4O2S/c1-11-14(10-22(19-11)15(17)18)25(23,24)21-7-5-20(6-8-21)13-4-2-3-12(16)9-13/h2-4,9-10,15H,5-8H2,1H3. The Bertz CT molecular complexity index is 864. The van der Waals surface area contributed by atoms with Crippen LogP contribution in [-0.2, 0) is 10.0 Å². The summed E-state index contributed by atoms with van der Waals surface area (Å²) in [5.41, 5.74) is 0.990. The van der Waals surface area contributed by atoms with Crippen LogP contribution in [0, 0.1) is 6.92 Å². The van der Waals surface area contributed by atoms with E-state index in [1.165, 1.54) is 11.2 Å². The van der Waals surface area contributed by atoms with Crippen LogP contribution < -0.4 is 4.90 Å². The number of hydrogen-bond acceptors (Lipinski definition) is 4. The van der Waals surface area contributed by atoms with Crippen molar-refractivity contribution in [3.63, 3.8) is 0 Å². The van der Waals surface area contributed by atoms with E-state index in [4.69, 9.17) is 11.6 Å². The molecule has 0 amide bonds. The first-order chi connectivity index (χ1) is 11.8. The second kappa shape index (κ2) is 6.89. The zero-order chi connectivity index (χ0) is 18.2. The minimum absolute atomic E-state index is 0.0672. The fourth-order valence-corrected chi connectivity index (χ4v) is 4.58. The van der Waals surface area contributed by atoms with Gasteiger partial charge in [-0.1, -0.05) is 17.7 Å². The third kappa shape index (κ3) is 3.63. The third-order valence-electron chi connectivity index (χ3n) is 4.10. The van der Waals surface area contributed by atoms with E-state index in [1.54, 1.807) is 6.07 Å². The number of nitrogens with zero attached hydrogens (tertiary/aromatic N) is 4. The lowest BCUT2D eigenvalue weighted by Gasteiger charge is -2.35. The van der Waals surface area contributed by atoms with E-state index in [9.17, 15) is 17.2 Å². The van der Waals surface area contributed by atoms with Crippen LogP contribution in [0.4, 0.5) is 14.5 Å². The molecule has 1 aliphatic rings. The van der Waals surface area contributed by atoms with Crippen molar-refractivity contribution < 1.29 is 17.2 Å². The zero-order valence-electron chi connectivity index (χ0n) is 13.4. The van der Waals surface area contributed by atoms with Crippen molar-refractivity contribution in [1.29, 1.82) is 0 Å². The maximum atomic E-state index is 12.7. The Labute approximate surface area is 149 Å². The second-order valence-electron chi connectivity index (χ2n) is 5.71. The van der Waals surface area contributed by atoms with E-state index in [0.717, 1.165) is 11.9 Å². The van der Waals surface area contributed by atoms with Gasteiger partial charge in [-0.05, 0) is 25.1 Å². The van der Waals surface area contributed by atoms with Gasteiger partial charge in [0.05, 0.1) is 11.9 Å². The van der Waals surface area contributed by atoms with E-state index in [1.807, 2.05) is 23.1 Å². The molecule has 1 aromatic carbocycles. The molecular formula is C15H17ClF2N4O2S. The van der Waals surface area contributed by atoms with E-state index in [-0.39, 0.29) is 23.7 Å². The van der Waals surface area contributed by atoms with Gasteiger partial charge < -0.3 is 4.90 Å². The largest absolute Gasteiger partial charge is 0.369 e. The van der Waals surface area contributed by atoms with E-state index >= 15 is 0 Å². The fraction of sp³-hybridized carbons (Fsp3) is 0.400. The summed E-state index contributed by atoms with van der Waals surface area (Å²) in [4.78, 5) is 1.86. The van der Waals surface area contributed by atoms with Gasteiger partial charge in [0.25, 0.3) is 0 Å². The summed E-state index contributed by atoms with van der Waals surface area (Å²) < 4.78 is 52.6. The van der Waals surface area contributed by atoms with Gasteiger partial charge >= 0.3 is 6.55 Å². The highest BCUT2D eigenvalue weighted by molar-refractivity contribution is 7.89. The van der Waals surface area contributed by atoms with Gasteiger partial charge in [0.2, 0.25) is 10.0 Å². The second-order valence-corrected chi connectivity index (χ2v) is 8.05. The Hall–Kier alpha value is -1.71. The van der Waals surface area contributed by atoms with Crippen molar-refractivity contribution in [2.45, 2.75) is 18.4 Å². The average molecular weight is 391 g/mol. The fourth-order valence-electron chi connectivity index (χ4n) is 2.82. The molecule has 6 nitrogen and oxygen atoms in total. The Balaban J connectivity index is 1.75. The molecule has 2 aromatic rings. The van der Waals surface area contributed by atoms with Gasteiger partial charge in [0, 0.05) is 36.9 Å². The molecule has 0 N–H and O–H groups in total. The van der Waals surface area contributed by atoms with Crippen LogP contribution in [0.5, 0.6) is 0 Å². The van der Waals surface area contributed by atoms with Crippen LogP contribution in [0.3, 0.4) is 0 Å². The normalized spacial score (nSPS) is 16.6. The van der Waals surface area contributed by atoms with Crippen LogP contribution in [0.25, 0.3) is 0 Å². The molecule has 0 bridgehead atoms. The lowest BCUT2D eigenvalue weighted by molar-refractivity contribution is 0.0561. The topological polar surface area (TPSA) is 58.4 Å². The Morgan fingerprint density at radius 1 is 1.20 bits per heavy atom. The summed E-state index contributed by atoms with van der Waals surface area (Å²) in [6, 6.07) is 7.34. The van der Waals surface area contributed by atoms with Gasteiger partial charge in [-0.2, -0.15) is 18.2 Å². The molecule has 136 valence electrons. The number of anilines is 1. The lowest BCUT2D eigenvalue weighted by atomic mass is 10.2. The first kappa shape index (κ1) is 18.1. The quantitative estimate of drug-likeness (QED) is 0.805. The van der Waals surface area contributed by atoms with Crippen LogP contribution in [0.15, 0.2) is 35.4 Å². The van der Waals surface area contributed by atoms with Crippen molar-refractivity contribution in [2.75, 3.05) is 31.1 Å². The summed E-state index contributed by atoms with van der Waals surface area (Å²) >= 11 is 5.99. The van der Waals surface area contributed by atoms with Crippen molar-refractivity contribution in [3.8, 4) is 0 Å². The van der Waals surface area contributed by atoms with E-state index < -0.39 is 16.6 Å². The minimum atomic E-state index is -3.86. The van der Waals surface area contributed by atoms with Crippen molar-refractivity contribution >= 4 is 27.3 Å². The predicted molar refractivity (Wildman–Crippen MR) is 90.6 cm³/mol. The molecule has 1 fully saturated rings. The number of aryl methyl sites for hydroxylation is 1. The number of benzene rings is 1. The number of aromatic nitrogens is 2. The molecular weight excluding hydrogens is 374 g/mol. The number of halogens is 3. The molecule has 0 saturated carbocycles. The van der Waals surface area contributed by atoms with E-state index in [0.29, 0.717) is 22.8 Å². The third-order valence-corrected chi connectivity index (χ3v) is 6.34. The van der Waals surface area contributed by atoms with Crippen molar-refractivity contribution in [1.82, 2.24) is 14.1 Å². The molecule has 25 heavy (non-hydrogen) atoms. The first-order valence-electron chi connectivity index (χ1n) is 7.63. The highest BCUT2D eigenvalue weighted by Crippen LogP contribution is 2.25. The molecule has 3 rings (SSSR count). The molecule has 1 aliphatic heterocycles. The summed E-state index contributed by atoms with van der Waals surface area (Å²) in [6.45, 7) is 0.0294. The minimum Gasteiger partial charge on any atom is -0.369 e. The van der Waals surface area contributed by atoms with Gasteiger partial charge in [0.1, 0.15) is 4.90 Å².